The van der Waals surface area contributed by atoms with Crippen LogP contribution < -0.4 is 0 Å². The van der Waals surface area contributed by atoms with Gasteiger partial charge in [0.05, 0.1) is 26.4 Å². The zero-order valence-electron chi connectivity index (χ0n) is 11.6. The summed E-state index contributed by atoms with van der Waals surface area (Å²) in [5, 5.41) is 24.9. The SMILES string of the molecule is C(OCC1CO1)C1CO1.CCO.Oc1cccc(O)c1. The Morgan fingerprint density at radius 1 is 1.10 bits per heavy atom. The largest absolute Gasteiger partial charge is 0.508 e. The van der Waals surface area contributed by atoms with Crippen molar-refractivity contribution < 1.29 is 29.5 Å². The first-order valence-corrected chi connectivity index (χ1v) is 6.55. The van der Waals surface area contributed by atoms with Gasteiger partial charge in [0.1, 0.15) is 23.7 Å². The zero-order chi connectivity index (χ0) is 14.8. The predicted molar refractivity (Wildman–Crippen MR) is 72.8 cm³/mol. The molecule has 0 amide bonds. The molecule has 2 aliphatic rings. The average molecular weight is 286 g/mol. The van der Waals surface area contributed by atoms with Gasteiger partial charge in [-0.15, -0.1) is 0 Å². The van der Waals surface area contributed by atoms with Crippen LogP contribution in [0.15, 0.2) is 24.3 Å². The van der Waals surface area contributed by atoms with Crippen LogP contribution >= 0.6 is 0 Å². The third-order valence-electron chi connectivity index (χ3n) is 2.24. The van der Waals surface area contributed by atoms with Gasteiger partial charge in [0, 0.05) is 12.7 Å². The summed E-state index contributed by atoms with van der Waals surface area (Å²) in [6, 6.07) is 5.85. The lowest BCUT2D eigenvalue weighted by atomic mass is 10.3. The minimum atomic E-state index is 0.0880. The number of benzene rings is 1. The molecular weight excluding hydrogens is 264 g/mol. The first-order valence-electron chi connectivity index (χ1n) is 6.55. The summed E-state index contributed by atoms with van der Waals surface area (Å²) in [6.45, 7) is 5.19. The van der Waals surface area contributed by atoms with Crippen molar-refractivity contribution >= 4 is 0 Å². The monoisotopic (exact) mass is 286 g/mol. The van der Waals surface area contributed by atoms with Gasteiger partial charge >= 0.3 is 0 Å². The lowest BCUT2D eigenvalue weighted by Crippen LogP contribution is -2.06. The number of phenolic OH excluding ortho intramolecular Hbond substituents is 2. The van der Waals surface area contributed by atoms with Crippen LogP contribution in [0.3, 0.4) is 0 Å². The minimum Gasteiger partial charge on any atom is -0.508 e. The smallest absolute Gasteiger partial charge is 0.119 e. The standard InChI is InChI=1S/C6H10O3.C6H6O2.C2H6O/c1(5-3-8-5)7-2-6-4-9-6;7-5-2-1-3-6(8)4-5;1-2-3/h5-6H,1-4H2;1-4,7-8H;3H,2H2,1H3. The molecule has 2 unspecified atom stereocenters. The molecule has 0 bridgehead atoms. The Bertz CT molecular complexity index is 333. The van der Waals surface area contributed by atoms with E-state index in [9.17, 15) is 0 Å². The molecule has 0 radical (unpaired) electrons. The molecular formula is C14H22O6. The van der Waals surface area contributed by atoms with E-state index in [0.29, 0.717) is 12.2 Å². The van der Waals surface area contributed by atoms with Gasteiger partial charge in [-0.05, 0) is 19.1 Å². The Labute approximate surface area is 118 Å². The first kappa shape index (κ1) is 16.7. The number of phenols is 2. The van der Waals surface area contributed by atoms with E-state index in [-0.39, 0.29) is 18.1 Å². The molecule has 3 rings (SSSR count). The number of epoxide rings is 2. The lowest BCUT2D eigenvalue weighted by Gasteiger charge is -1.95. The van der Waals surface area contributed by atoms with E-state index < -0.39 is 0 Å². The second-order valence-electron chi connectivity index (χ2n) is 4.28. The van der Waals surface area contributed by atoms with E-state index in [1.807, 2.05) is 0 Å². The second-order valence-corrected chi connectivity index (χ2v) is 4.28. The third-order valence-corrected chi connectivity index (χ3v) is 2.24. The molecule has 0 aromatic heterocycles. The Morgan fingerprint density at radius 3 is 1.75 bits per heavy atom. The number of aromatic hydroxyl groups is 2. The molecule has 6 nitrogen and oxygen atoms in total. The summed E-state index contributed by atoms with van der Waals surface area (Å²) in [5.74, 6) is 0.176. The zero-order valence-corrected chi connectivity index (χ0v) is 11.6. The Morgan fingerprint density at radius 2 is 1.50 bits per heavy atom. The van der Waals surface area contributed by atoms with Gasteiger partial charge in [0.25, 0.3) is 0 Å². The molecule has 114 valence electrons. The summed E-state index contributed by atoms with van der Waals surface area (Å²) in [6.07, 6.45) is 0.785. The van der Waals surface area contributed by atoms with Gasteiger partial charge in [0.15, 0.2) is 0 Å². The number of hydrogen-bond acceptors (Lipinski definition) is 6. The molecule has 6 heteroatoms. The van der Waals surface area contributed by atoms with Crippen molar-refractivity contribution in [1.82, 2.24) is 0 Å². The molecule has 20 heavy (non-hydrogen) atoms. The van der Waals surface area contributed by atoms with Crippen molar-refractivity contribution in [2.24, 2.45) is 0 Å². The summed E-state index contributed by atoms with van der Waals surface area (Å²) in [5.41, 5.74) is 0. The van der Waals surface area contributed by atoms with Crippen molar-refractivity contribution in [2.45, 2.75) is 19.1 Å². The summed E-state index contributed by atoms with van der Waals surface area (Å²) in [4.78, 5) is 0. The van der Waals surface area contributed by atoms with E-state index in [1.54, 1.807) is 13.0 Å². The van der Waals surface area contributed by atoms with Crippen molar-refractivity contribution in [2.75, 3.05) is 33.0 Å². The molecule has 2 saturated heterocycles. The van der Waals surface area contributed by atoms with E-state index in [0.717, 1.165) is 26.4 Å². The Hall–Kier alpha value is -1.34. The van der Waals surface area contributed by atoms with Crippen LogP contribution in [-0.2, 0) is 14.2 Å². The maximum atomic E-state index is 8.65. The highest BCUT2D eigenvalue weighted by molar-refractivity contribution is 5.30. The third kappa shape index (κ3) is 9.57. The average Bonchev–Trinajstić information content (AvgIpc) is 3.25. The summed E-state index contributed by atoms with van der Waals surface area (Å²) < 4.78 is 15.1. The van der Waals surface area contributed by atoms with Crippen LogP contribution in [0, 0.1) is 0 Å². The highest BCUT2D eigenvalue weighted by Gasteiger charge is 2.26. The van der Waals surface area contributed by atoms with Gasteiger partial charge in [-0.2, -0.15) is 0 Å². The molecule has 2 aliphatic heterocycles. The van der Waals surface area contributed by atoms with Crippen LogP contribution in [0.1, 0.15) is 6.92 Å². The highest BCUT2D eigenvalue weighted by atomic mass is 16.6. The topological polar surface area (TPSA) is 95.0 Å². The molecule has 1 aromatic carbocycles. The molecule has 2 atom stereocenters. The first-order chi connectivity index (χ1) is 9.65. The van der Waals surface area contributed by atoms with Crippen molar-refractivity contribution in [3.05, 3.63) is 24.3 Å². The molecule has 3 N–H and O–H groups in total. The van der Waals surface area contributed by atoms with E-state index in [4.69, 9.17) is 29.5 Å². The molecule has 0 aliphatic carbocycles. The van der Waals surface area contributed by atoms with Crippen molar-refractivity contribution in [3.63, 3.8) is 0 Å². The van der Waals surface area contributed by atoms with Crippen LogP contribution in [0.5, 0.6) is 11.5 Å². The molecule has 0 spiro atoms. The van der Waals surface area contributed by atoms with E-state index >= 15 is 0 Å². The van der Waals surface area contributed by atoms with Crippen molar-refractivity contribution in [3.8, 4) is 11.5 Å². The van der Waals surface area contributed by atoms with Gasteiger partial charge in [-0.25, -0.2) is 0 Å². The molecule has 2 heterocycles. The fourth-order valence-corrected chi connectivity index (χ4v) is 1.15. The molecule has 2 fully saturated rings. The van der Waals surface area contributed by atoms with Gasteiger partial charge in [-0.3, -0.25) is 0 Å². The maximum Gasteiger partial charge on any atom is 0.119 e. The van der Waals surface area contributed by atoms with E-state index in [2.05, 4.69) is 0 Å². The van der Waals surface area contributed by atoms with Crippen LogP contribution in [-0.4, -0.2) is 60.6 Å². The second kappa shape index (κ2) is 9.55. The maximum absolute atomic E-state index is 8.65. The quantitative estimate of drug-likeness (QED) is 0.712. The highest BCUT2D eigenvalue weighted by Crippen LogP contribution is 2.15. The van der Waals surface area contributed by atoms with Crippen LogP contribution in [0.2, 0.25) is 0 Å². The lowest BCUT2D eigenvalue weighted by molar-refractivity contribution is 0.102. The van der Waals surface area contributed by atoms with Crippen LogP contribution in [0.25, 0.3) is 0 Å². The fourth-order valence-electron chi connectivity index (χ4n) is 1.15. The molecule has 0 saturated carbocycles. The number of rotatable bonds is 4. The number of aliphatic hydroxyl groups is 1. The number of hydrogen-bond donors (Lipinski definition) is 3. The minimum absolute atomic E-state index is 0.0880. The normalized spacial score (nSPS) is 21.9. The van der Waals surface area contributed by atoms with Gasteiger partial charge in [0.2, 0.25) is 0 Å². The fraction of sp³-hybridized carbons (Fsp3) is 0.571. The Balaban J connectivity index is 0.000000169. The predicted octanol–water partition coefficient (Wildman–Crippen LogP) is 0.897. The van der Waals surface area contributed by atoms with Crippen molar-refractivity contribution in [1.29, 1.82) is 0 Å². The number of ether oxygens (including phenoxy) is 3. The summed E-state index contributed by atoms with van der Waals surface area (Å²) >= 11 is 0. The molecule has 1 aromatic rings. The van der Waals surface area contributed by atoms with Crippen LogP contribution in [0.4, 0.5) is 0 Å². The Kier molecular flexibility index (Phi) is 7.98. The number of aliphatic hydroxyl groups excluding tert-OH is 1. The van der Waals surface area contributed by atoms with E-state index in [1.165, 1.54) is 18.2 Å². The summed E-state index contributed by atoms with van der Waals surface area (Å²) in [7, 11) is 0. The van der Waals surface area contributed by atoms with Gasteiger partial charge in [-0.1, -0.05) is 6.07 Å². The van der Waals surface area contributed by atoms with Gasteiger partial charge < -0.3 is 29.5 Å².